The third-order valence-electron chi connectivity index (χ3n) is 3.80. The molecule has 1 unspecified atom stereocenters. The van der Waals surface area contributed by atoms with E-state index in [-0.39, 0.29) is 30.5 Å². The number of benzene rings is 2. The Hall–Kier alpha value is -2.96. The van der Waals surface area contributed by atoms with Crippen LogP contribution in [0.25, 0.3) is 0 Å². The van der Waals surface area contributed by atoms with E-state index in [0.29, 0.717) is 11.8 Å². The van der Waals surface area contributed by atoms with Gasteiger partial charge in [0, 0.05) is 24.6 Å². The van der Waals surface area contributed by atoms with Gasteiger partial charge in [0.05, 0.1) is 18.7 Å². The van der Waals surface area contributed by atoms with Crippen molar-refractivity contribution in [2.24, 2.45) is 0 Å². The van der Waals surface area contributed by atoms with Gasteiger partial charge in [0.1, 0.15) is 17.4 Å². The van der Waals surface area contributed by atoms with E-state index in [0.717, 1.165) is 17.7 Å². The first kappa shape index (κ1) is 19.4. The van der Waals surface area contributed by atoms with Crippen molar-refractivity contribution < 1.29 is 23.1 Å². The Kier molecular flexibility index (Phi) is 6.66. The Morgan fingerprint density at radius 2 is 1.88 bits per heavy atom. The van der Waals surface area contributed by atoms with E-state index in [1.54, 1.807) is 13.2 Å². The van der Waals surface area contributed by atoms with Crippen LogP contribution in [-0.2, 0) is 4.79 Å². The highest BCUT2D eigenvalue weighted by Crippen LogP contribution is 2.24. The molecule has 0 radical (unpaired) electrons. The summed E-state index contributed by atoms with van der Waals surface area (Å²) in [6, 6.07) is 9.75. The van der Waals surface area contributed by atoms with Crippen LogP contribution in [0.4, 0.5) is 8.78 Å². The van der Waals surface area contributed by atoms with Crippen LogP contribution in [0.5, 0.6) is 5.75 Å². The monoisotopic (exact) mass is 362 g/mol. The molecule has 0 heterocycles. The van der Waals surface area contributed by atoms with Crippen LogP contribution in [0, 0.1) is 11.6 Å². The molecular weight excluding hydrogens is 342 g/mol. The van der Waals surface area contributed by atoms with Crippen molar-refractivity contribution in [2.75, 3.05) is 13.7 Å². The second kappa shape index (κ2) is 8.94. The van der Waals surface area contributed by atoms with Gasteiger partial charge in [-0.2, -0.15) is 0 Å². The van der Waals surface area contributed by atoms with E-state index in [1.807, 2.05) is 25.1 Å². The molecule has 7 heteroatoms. The van der Waals surface area contributed by atoms with Crippen LogP contribution in [0.2, 0.25) is 0 Å². The molecule has 138 valence electrons. The summed E-state index contributed by atoms with van der Waals surface area (Å²) in [5.41, 5.74) is 0.565. The summed E-state index contributed by atoms with van der Waals surface area (Å²) >= 11 is 0. The summed E-state index contributed by atoms with van der Waals surface area (Å²) in [7, 11) is 1.55. The zero-order chi connectivity index (χ0) is 19.1. The van der Waals surface area contributed by atoms with Gasteiger partial charge in [-0.3, -0.25) is 9.59 Å². The highest BCUT2D eigenvalue weighted by Gasteiger charge is 2.15. The van der Waals surface area contributed by atoms with Gasteiger partial charge in [0.25, 0.3) is 5.91 Å². The lowest BCUT2D eigenvalue weighted by atomic mass is 10.1. The van der Waals surface area contributed by atoms with Crippen LogP contribution in [0.1, 0.15) is 35.3 Å². The maximum absolute atomic E-state index is 13.5. The van der Waals surface area contributed by atoms with Crippen LogP contribution in [0.3, 0.4) is 0 Å². The first-order valence-electron chi connectivity index (χ1n) is 8.08. The first-order chi connectivity index (χ1) is 12.4. The van der Waals surface area contributed by atoms with Crippen molar-refractivity contribution >= 4 is 11.8 Å². The highest BCUT2D eigenvalue weighted by atomic mass is 19.1. The number of rotatable bonds is 7. The average molecular weight is 362 g/mol. The Labute approximate surface area is 150 Å². The van der Waals surface area contributed by atoms with Gasteiger partial charge in [-0.1, -0.05) is 18.2 Å². The average Bonchev–Trinajstić information content (AvgIpc) is 2.61. The maximum Gasteiger partial charge on any atom is 0.254 e. The number of halogens is 2. The molecule has 2 rings (SSSR count). The minimum absolute atomic E-state index is 0.0219. The number of nitrogens with one attached hydrogen (secondary N) is 2. The van der Waals surface area contributed by atoms with E-state index in [1.165, 1.54) is 0 Å². The molecule has 0 aliphatic rings. The fourth-order valence-electron chi connectivity index (χ4n) is 2.47. The summed E-state index contributed by atoms with van der Waals surface area (Å²) in [5, 5.41) is 5.25. The third kappa shape index (κ3) is 5.02. The van der Waals surface area contributed by atoms with Crippen molar-refractivity contribution in [2.45, 2.75) is 19.4 Å². The quantitative estimate of drug-likeness (QED) is 0.796. The van der Waals surface area contributed by atoms with Gasteiger partial charge in [0.2, 0.25) is 5.91 Å². The molecule has 0 saturated carbocycles. The van der Waals surface area contributed by atoms with E-state index in [9.17, 15) is 18.4 Å². The summed E-state index contributed by atoms with van der Waals surface area (Å²) in [6.45, 7) is 1.85. The second-order valence-corrected chi connectivity index (χ2v) is 5.66. The Morgan fingerprint density at radius 3 is 2.58 bits per heavy atom. The highest BCUT2D eigenvalue weighted by molar-refractivity contribution is 5.94. The van der Waals surface area contributed by atoms with Gasteiger partial charge in [-0.25, -0.2) is 8.78 Å². The van der Waals surface area contributed by atoms with Crippen LogP contribution < -0.4 is 15.4 Å². The molecule has 0 saturated heterocycles. The minimum Gasteiger partial charge on any atom is -0.496 e. The van der Waals surface area contributed by atoms with E-state index in [4.69, 9.17) is 4.74 Å². The van der Waals surface area contributed by atoms with Gasteiger partial charge >= 0.3 is 0 Å². The number of methoxy groups -OCH3 is 1. The molecule has 26 heavy (non-hydrogen) atoms. The predicted molar refractivity (Wildman–Crippen MR) is 92.9 cm³/mol. The fraction of sp³-hybridized carbons (Fsp3) is 0.263. The lowest BCUT2D eigenvalue weighted by Crippen LogP contribution is -2.32. The summed E-state index contributed by atoms with van der Waals surface area (Å²) in [5.74, 6) is -2.02. The Morgan fingerprint density at radius 1 is 1.15 bits per heavy atom. The molecule has 0 aliphatic heterocycles. The van der Waals surface area contributed by atoms with Gasteiger partial charge in [-0.15, -0.1) is 0 Å². The number of hydrogen-bond acceptors (Lipinski definition) is 3. The van der Waals surface area contributed by atoms with E-state index in [2.05, 4.69) is 10.6 Å². The summed E-state index contributed by atoms with van der Waals surface area (Å²) in [4.78, 5) is 23.9. The summed E-state index contributed by atoms with van der Waals surface area (Å²) in [6.07, 6.45) is 0.0219. The molecule has 2 aromatic carbocycles. The van der Waals surface area contributed by atoms with Gasteiger partial charge in [-0.05, 0) is 25.1 Å². The number of carbonyl (C=O) groups is 2. The van der Waals surface area contributed by atoms with Crippen molar-refractivity contribution in [3.05, 3.63) is 65.2 Å². The number of ether oxygens (including phenoxy) is 1. The molecule has 0 bridgehead atoms. The Balaban J connectivity index is 1.84. The molecule has 0 fully saturated rings. The van der Waals surface area contributed by atoms with Crippen LogP contribution in [0.15, 0.2) is 42.5 Å². The molecule has 2 N–H and O–H groups in total. The summed E-state index contributed by atoms with van der Waals surface area (Å²) < 4.78 is 31.6. The van der Waals surface area contributed by atoms with Crippen molar-refractivity contribution in [3.8, 4) is 5.75 Å². The predicted octanol–water partition coefficient (Wildman–Crippen LogP) is 2.97. The fourth-order valence-corrected chi connectivity index (χ4v) is 2.47. The molecule has 0 spiro atoms. The smallest absolute Gasteiger partial charge is 0.254 e. The molecule has 0 aliphatic carbocycles. The molecule has 2 amide bonds. The first-order valence-corrected chi connectivity index (χ1v) is 8.08. The standard InChI is InChI=1S/C19H20F2N2O3/c1-12(14-5-3-4-6-17(14)26-2)23-18(24)9-10-22-19(25)15-8-7-13(20)11-16(15)21/h3-8,11-12H,9-10H2,1-2H3,(H,22,25)(H,23,24). The minimum atomic E-state index is -0.947. The lowest BCUT2D eigenvalue weighted by Gasteiger charge is -2.17. The van der Waals surface area contributed by atoms with Crippen LogP contribution in [-0.4, -0.2) is 25.5 Å². The molecule has 5 nitrogen and oxygen atoms in total. The largest absolute Gasteiger partial charge is 0.496 e. The van der Waals surface area contributed by atoms with E-state index >= 15 is 0 Å². The number of carbonyl (C=O) groups excluding carboxylic acids is 2. The van der Waals surface area contributed by atoms with Crippen molar-refractivity contribution in [1.82, 2.24) is 10.6 Å². The molecular formula is C19H20F2N2O3. The zero-order valence-corrected chi connectivity index (χ0v) is 14.5. The van der Waals surface area contributed by atoms with Gasteiger partial charge in [0.15, 0.2) is 0 Å². The van der Waals surface area contributed by atoms with Crippen LogP contribution >= 0.6 is 0 Å². The normalized spacial score (nSPS) is 11.5. The molecule has 0 aromatic heterocycles. The molecule has 2 aromatic rings. The SMILES string of the molecule is COc1ccccc1C(C)NC(=O)CCNC(=O)c1ccc(F)cc1F. The Bertz CT molecular complexity index is 796. The zero-order valence-electron chi connectivity index (χ0n) is 14.5. The number of hydrogen-bond donors (Lipinski definition) is 2. The molecule has 1 atom stereocenters. The number of amides is 2. The lowest BCUT2D eigenvalue weighted by molar-refractivity contribution is -0.121. The topological polar surface area (TPSA) is 67.4 Å². The van der Waals surface area contributed by atoms with E-state index < -0.39 is 17.5 Å². The van der Waals surface area contributed by atoms with Crippen molar-refractivity contribution in [3.63, 3.8) is 0 Å². The maximum atomic E-state index is 13.5. The number of para-hydroxylation sites is 1. The van der Waals surface area contributed by atoms with Crippen molar-refractivity contribution in [1.29, 1.82) is 0 Å². The second-order valence-electron chi connectivity index (χ2n) is 5.66. The third-order valence-corrected chi connectivity index (χ3v) is 3.80. The van der Waals surface area contributed by atoms with Gasteiger partial charge < -0.3 is 15.4 Å².